The van der Waals surface area contributed by atoms with Crippen LogP contribution in [0.25, 0.3) is 0 Å². The highest BCUT2D eigenvalue weighted by molar-refractivity contribution is 9.10. The summed E-state index contributed by atoms with van der Waals surface area (Å²) in [6.45, 7) is 3.34. The van der Waals surface area contributed by atoms with Crippen LogP contribution in [0.5, 0.6) is 0 Å². The molecule has 5 nitrogen and oxygen atoms in total. The van der Waals surface area contributed by atoms with Crippen LogP contribution in [-0.4, -0.2) is 23.4 Å². The first-order valence-corrected chi connectivity index (χ1v) is 7.63. The molecule has 2 N–H and O–H groups in total. The number of hydrogen-bond acceptors (Lipinski definition) is 4. The van der Waals surface area contributed by atoms with Crippen molar-refractivity contribution < 1.29 is 0 Å². The lowest BCUT2D eigenvalue weighted by molar-refractivity contribution is 0.636. The Morgan fingerprint density at radius 1 is 1.43 bits per heavy atom. The first kappa shape index (κ1) is 15.6. The van der Waals surface area contributed by atoms with Crippen molar-refractivity contribution in [2.24, 2.45) is 0 Å². The molecule has 0 bridgehead atoms. The number of rotatable bonds is 5. The van der Waals surface area contributed by atoms with Gasteiger partial charge in [0.2, 0.25) is 0 Å². The second-order valence-corrected chi connectivity index (χ2v) is 5.79. The fourth-order valence-electron chi connectivity index (χ4n) is 2.11. The fourth-order valence-corrected chi connectivity index (χ4v) is 2.61. The van der Waals surface area contributed by atoms with Crippen LogP contribution in [0.15, 0.2) is 39.7 Å². The van der Waals surface area contributed by atoms with Crippen molar-refractivity contribution in [3.8, 4) is 0 Å². The Bertz CT molecular complexity index is 663. The van der Waals surface area contributed by atoms with Gasteiger partial charge >= 0.3 is 0 Å². The molecule has 0 atom stereocenters. The Morgan fingerprint density at radius 3 is 2.81 bits per heavy atom. The molecule has 0 aliphatic rings. The standard InChI is InChI=1S/C15H19BrN4O/c1-3-7-19(2)11-8-15(21)20(18-9-11)10-12-13(16)5-4-6-14(12)17/h4-6,8-9H,3,7,10,17H2,1-2H3. The third-order valence-electron chi connectivity index (χ3n) is 3.32. The number of benzene rings is 1. The van der Waals surface area contributed by atoms with Crippen LogP contribution in [0.2, 0.25) is 0 Å². The first-order chi connectivity index (χ1) is 10.0. The highest BCUT2D eigenvalue weighted by atomic mass is 79.9. The van der Waals surface area contributed by atoms with E-state index in [0.29, 0.717) is 12.2 Å². The SMILES string of the molecule is CCCN(C)c1cnn(Cc2c(N)cccc2Br)c(=O)c1. The molecule has 21 heavy (non-hydrogen) atoms. The van der Waals surface area contributed by atoms with Gasteiger partial charge in [-0.2, -0.15) is 5.10 Å². The maximum atomic E-state index is 12.2. The minimum absolute atomic E-state index is 0.134. The zero-order valence-electron chi connectivity index (χ0n) is 12.2. The number of halogens is 1. The third kappa shape index (κ3) is 3.64. The second kappa shape index (κ2) is 6.76. The van der Waals surface area contributed by atoms with Crippen LogP contribution in [0.1, 0.15) is 18.9 Å². The topological polar surface area (TPSA) is 64.2 Å². The van der Waals surface area contributed by atoms with E-state index >= 15 is 0 Å². The Kier molecular flexibility index (Phi) is 5.01. The third-order valence-corrected chi connectivity index (χ3v) is 4.06. The summed E-state index contributed by atoms with van der Waals surface area (Å²) in [7, 11) is 1.95. The zero-order valence-corrected chi connectivity index (χ0v) is 13.8. The molecule has 0 amide bonds. The summed E-state index contributed by atoms with van der Waals surface area (Å²) >= 11 is 3.46. The molecule has 1 aromatic carbocycles. The number of hydrogen-bond donors (Lipinski definition) is 1. The van der Waals surface area contributed by atoms with Crippen molar-refractivity contribution >= 4 is 27.3 Å². The van der Waals surface area contributed by atoms with Crippen LogP contribution in [0.4, 0.5) is 11.4 Å². The highest BCUT2D eigenvalue weighted by Gasteiger charge is 2.08. The van der Waals surface area contributed by atoms with E-state index in [2.05, 4.69) is 28.0 Å². The predicted octanol–water partition coefficient (Wildman–Crippen LogP) is 2.48. The molecular weight excluding hydrogens is 332 g/mol. The van der Waals surface area contributed by atoms with Crippen molar-refractivity contribution in [1.29, 1.82) is 0 Å². The average Bonchev–Trinajstić information content (AvgIpc) is 2.44. The quantitative estimate of drug-likeness (QED) is 0.841. The maximum absolute atomic E-state index is 12.2. The van der Waals surface area contributed by atoms with E-state index in [1.807, 2.05) is 30.1 Å². The molecule has 0 radical (unpaired) electrons. The molecular formula is C15H19BrN4O. The molecule has 0 saturated heterocycles. The molecule has 0 spiro atoms. The molecule has 1 heterocycles. The molecule has 0 unspecified atom stereocenters. The average molecular weight is 351 g/mol. The van der Waals surface area contributed by atoms with Crippen LogP contribution in [-0.2, 0) is 6.54 Å². The summed E-state index contributed by atoms with van der Waals surface area (Å²) in [5, 5.41) is 4.25. The minimum Gasteiger partial charge on any atom is -0.398 e. The van der Waals surface area contributed by atoms with Gasteiger partial charge in [0.05, 0.1) is 18.4 Å². The summed E-state index contributed by atoms with van der Waals surface area (Å²) in [6.07, 6.45) is 2.73. The normalized spacial score (nSPS) is 10.6. The monoisotopic (exact) mass is 350 g/mol. The number of anilines is 2. The highest BCUT2D eigenvalue weighted by Crippen LogP contribution is 2.22. The van der Waals surface area contributed by atoms with Gasteiger partial charge in [0.1, 0.15) is 0 Å². The van der Waals surface area contributed by atoms with E-state index in [1.165, 1.54) is 4.68 Å². The van der Waals surface area contributed by atoms with Gasteiger partial charge in [0.25, 0.3) is 5.56 Å². The van der Waals surface area contributed by atoms with E-state index in [4.69, 9.17) is 5.73 Å². The van der Waals surface area contributed by atoms with Crippen LogP contribution in [0.3, 0.4) is 0 Å². The number of nitrogen functional groups attached to an aromatic ring is 1. The van der Waals surface area contributed by atoms with Crippen molar-refractivity contribution in [2.75, 3.05) is 24.2 Å². The summed E-state index contributed by atoms with van der Waals surface area (Å²) in [5.41, 5.74) is 8.16. The Morgan fingerprint density at radius 2 is 2.19 bits per heavy atom. The molecule has 0 saturated carbocycles. The van der Waals surface area contributed by atoms with Gasteiger partial charge < -0.3 is 10.6 Å². The lowest BCUT2D eigenvalue weighted by atomic mass is 10.2. The van der Waals surface area contributed by atoms with Gasteiger partial charge in [-0.25, -0.2) is 4.68 Å². The van der Waals surface area contributed by atoms with Gasteiger partial charge in [-0.15, -0.1) is 0 Å². The van der Waals surface area contributed by atoms with Crippen molar-refractivity contribution in [3.63, 3.8) is 0 Å². The largest absolute Gasteiger partial charge is 0.398 e. The van der Waals surface area contributed by atoms with Crippen LogP contribution < -0.4 is 16.2 Å². The van der Waals surface area contributed by atoms with Crippen LogP contribution >= 0.6 is 15.9 Å². The molecule has 0 aliphatic carbocycles. The molecule has 6 heteroatoms. The summed E-state index contributed by atoms with van der Waals surface area (Å²) < 4.78 is 2.29. The van der Waals surface area contributed by atoms with Crippen LogP contribution in [0, 0.1) is 0 Å². The second-order valence-electron chi connectivity index (χ2n) is 4.94. The van der Waals surface area contributed by atoms with E-state index < -0.39 is 0 Å². The summed E-state index contributed by atoms with van der Waals surface area (Å²) in [4.78, 5) is 14.2. The van der Waals surface area contributed by atoms with Gasteiger partial charge in [-0.1, -0.05) is 28.9 Å². The molecule has 0 aliphatic heterocycles. The first-order valence-electron chi connectivity index (χ1n) is 6.84. The van der Waals surface area contributed by atoms with Crippen molar-refractivity contribution in [2.45, 2.75) is 19.9 Å². The maximum Gasteiger partial charge on any atom is 0.269 e. The Labute approximate surface area is 132 Å². The van der Waals surface area contributed by atoms with Gasteiger partial charge in [-0.3, -0.25) is 4.79 Å². The van der Waals surface area contributed by atoms with E-state index in [9.17, 15) is 4.79 Å². The lowest BCUT2D eigenvalue weighted by Crippen LogP contribution is -2.26. The van der Waals surface area contributed by atoms with E-state index in [0.717, 1.165) is 28.7 Å². The molecule has 112 valence electrons. The smallest absolute Gasteiger partial charge is 0.269 e. The van der Waals surface area contributed by atoms with Crippen molar-refractivity contribution in [3.05, 3.63) is 50.9 Å². The predicted molar refractivity (Wildman–Crippen MR) is 89.7 cm³/mol. The Balaban J connectivity index is 2.28. The molecule has 2 aromatic rings. The molecule has 1 aromatic heterocycles. The minimum atomic E-state index is -0.134. The van der Waals surface area contributed by atoms with Gasteiger partial charge in [-0.05, 0) is 18.6 Å². The summed E-state index contributed by atoms with van der Waals surface area (Å²) in [5.74, 6) is 0. The zero-order chi connectivity index (χ0) is 15.4. The number of nitrogens with two attached hydrogens (primary N) is 1. The number of aromatic nitrogens is 2. The molecule has 0 fully saturated rings. The van der Waals surface area contributed by atoms with E-state index in [1.54, 1.807) is 12.3 Å². The number of nitrogens with zero attached hydrogens (tertiary/aromatic N) is 3. The molecule has 2 rings (SSSR count). The summed E-state index contributed by atoms with van der Waals surface area (Å²) in [6, 6.07) is 7.19. The fraction of sp³-hybridized carbons (Fsp3) is 0.333. The van der Waals surface area contributed by atoms with Crippen molar-refractivity contribution in [1.82, 2.24) is 9.78 Å². The van der Waals surface area contributed by atoms with Gasteiger partial charge in [0.15, 0.2) is 0 Å². The Hall–Kier alpha value is -1.82. The lowest BCUT2D eigenvalue weighted by Gasteiger charge is -2.18. The van der Waals surface area contributed by atoms with Gasteiger partial charge in [0, 0.05) is 35.4 Å². The van der Waals surface area contributed by atoms with E-state index in [-0.39, 0.29) is 5.56 Å².